The van der Waals surface area contributed by atoms with E-state index in [9.17, 15) is 4.39 Å². The number of nitrogens with zero attached hydrogens (tertiary/aromatic N) is 2. The third kappa shape index (κ3) is 3.39. The molecule has 1 atom stereocenters. The van der Waals surface area contributed by atoms with Gasteiger partial charge in [0, 0.05) is 24.8 Å². The van der Waals surface area contributed by atoms with E-state index in [2.05, 4.69) is 16.4 Å². The maximum atomic E-state index is 13.9. The number of aromatic nitrogens is 1. The van der Waals surface area contributed by atoms with Crippen LogP contribution < -0.4 is 10.2 Å². The van der Waals surface area contributed by atoms with Crippen molar-refractivity contribution in [3.63, 3.8) is 0 Å². The summed E-state index contributed by atoms with van der Waals surface area (Å²) in [4.78, 5) is 6.63. The van der Waals surface area contributed by atoms with Gasteiger partial charge in [0.15, 0.2) is 0 Å². The van der Waals surface area contributed by atoms with Crippen LogP contribution in [0.15, 0.2) is 36.4 Å². The van der Waals surface area contributed by atoms with Crippen LogP contribution in [0.4, 0.5) is 10.2 Å². The number of benzene rings is 1. The number of nitrogens with one attached hydrogen (secondary N) is 1. The number of rotatable bonds is 5. The number of pyridine rings is 1. The lowest BCUT2D eigenvalue weighted by molar-refractivity contribution is 0.584. The molecule has 112 valence electrons. The molecule has 1 aromatic heterocycles. The number of hydrogen-bond donors (Lipinski definition) is 1. The van der Waals surface area contributed by atoms with Gasteiger partial charge in [0.2, 0.25) is 0 Å². The molecule has 0 bridgehead atoms. The quantitative estimate of drug-likeness (QED) is 0.913. The average molecular weight is 287 g/mol. The van der Waals surface area contributed by atoms with Crippen LogP contribution in [0.2, 0.25) is 0 Å². The van der Waals surface area contributed by atoms with E-state index in [0.717, 1.165) is 18.1 Å². The van der Waals surface area contributed by atoms with E-state index in [4.69, 9.17) is 0 Å². The van der Waals surface area contributed by atoms with Crippen molar-refractivity contribution < 1.29 is 4.39 Å². The van der Waals surface area contributed by atoms with E-state index in [0.29, 0.717) is 5.56 Å². The summed E-state index contributed by atoms with van der Waals surface area (Å²) < 4.78 is 13.9. The molecule has 0 aliphatic carbocycles. The predicted molar refractivity (Wildman–Crippen MR) is 85.0 cm³/mol. The molecule has 1 N–H and O–H groups in total. The summed E-state index contributed by atoms with van der Waals surface area (Å²) in [5.41, 5.74) is 2.85. The van der Waals surface area contributed by atoms with Gasteiger partial charge in [-0.3, -0.25) is 0 Å². The lowest BCUT2D eigenvalue weighted by Gasteiger charge is -2.27. The van der Waals surface area contributed by atoms with Crippen molar-refractivity contribution in [3.8, 4) is 0 Å². The van der Waals surface area contributed by atoms with Crippen LogP contribution in [0.5, 0.6) is 0 Å². The van der Waals surface area contributed by atoms with Gasteiger partial charge in [0.1, 0.15) is 11.6 Å². The monoisotopic (exact) mass is 287 g/mol. The fourth-order valence-electron chi connectivity index (χ4n) is 2.37. The topological polar surface area (TPSA) is 28.2 Å². The number of hydrogen-bond acceptors (Lipinski definition) is 3. The van der Waals surface area contributed by atoms with Gasteiger partial charge in [-0.1, -0.05) is 24.3 Å². The molecule has 0 radical (unpaired) electrons. The Balaban J connectivity index is 2.25. The van der Waals surface area contributed by atoms with Crippen molar-refractivity contribution in [3.05, 3.63) is 59.0 Å². The normalized spacial score (nSPS) is 12.2. The summed E-state index contributed by atoms with van der Waals surface area (Å²) in [5, 5.41) is 3.13. The lowest BCUT2D eigenvalue weighted by Crippen LogP contribution is -2.24. The van der Waals surface area contributed by atoms with Crippen LogP contribution in [0.3, 0.4) is 0 Å². The molecule has 0 spiro atoms. The summed E-state index contributed by atoms with van der Waals surface area (Å²) >= 11 is 0. The first-order valence-corrected chi connectivity index (χ1v) is 7.13. The van der Waals surface area contributed by atoms with Crippen molar-refractivity contribution in [2.75, 3.05) is 19.0 Å². The first-order valence-electron chi connectivity index (χ1n) is 7.13. The summed E-state index contributed by atoms with van der Waals surface area (Å²) in [6.07, 6.45) is 0. The largest absolute Gasteiger partial charge is 0.353 e. The minimum atomic E-state index is -0.180. The molecule has 0 aliphatic heterocycles. The van der Waals surface area contributed by atoms with Crippen LogP contribution in [0.1, 0.15) is 29.8 Å². The highest BCUT2D eigenvalue weighted by atomic mass is 19.1. The van der Waals surface area contributed by atoms with Gasteiger partial charge in [-0.05, 0) is 38.6 Å². The van der Waals surface area contributed by atoms with Gasteiger partial charge in [0.25, 0.3) is 0 Å². The molecule has 0 amide bonds. The molecule has 2 rings (SSSR count). The summed E-state index contributed by atoms with van der Waals surface area (Å²) in [6.45, 7) is 4.78. The van der Waals surface area contributed by atoms with Gasteiger partial charge in [-0.25, -0.2) is 9.37 Å². The molecular formula is C17H22FN3. The predicted octanol–water partition coefficient (Wildman–Crippen LogP) is 3.45. The van der Waals surface area contributed by atoms with E-state index in [1.807, 2.05) is 51.0 Å². The fraction of sp³-hybridized carbons (Fsp3) is 0.353. The maximum absolute atomic E-state index is 13.9. The van der Waals surface area contributed by atoms with Crippen molar-refractivity contribution in [1.29, 1.82) is 0 Å². The Kier molecular flexibility index (Phi) is 4.91. The van der Waals surface area contributed by atoms with Crippen LogP contribution >= 0.6 is 0 Å². The molecule has 4 heteroatoms. The van der Waals surface area contributed by atoms with Gasteiger partial charge >= 0.3 is 0 Å². The Morgan fingerprint density at radius 2 is 1.95 bits per heavy atom. The molecule has 2 aromatic rings. The Labute approximate surface area is 125 Å². The maximum Gasteiger partial charge on any atom is 0.129 e. The molecule has 21 heavy (non-hydrogen) atoms. The van der Waals surface area contributed by atoms with Crippen LogP contribution in [-0.2, 0) is 6.54 Å². The molecular weight excluding hydrogens is 265 g/mol. The highest BCUT2D eigenvalue weighted by Gasteiger charge is 2.17. The Morgan fingerprint density at radius 3 is 2.57 bits per heavy atom. The molecule has 3 nitrogen and oxygen atoms in total. The van der Waals surface area contributed by atoms with Gasteiger partial charge in [-0.2, -0.15) is 0 Å². The highest BCUT2D eigenvalue weighted by molar-refractivity contribution is 5.44. The molecule has 1 unspecified atom stereocenters. The molecule has 0 saturated heterocycles. The Morgan fingerprint density at radius 1 is 1.24 bits per heavy atom. The van der Waals surface area contributed by atoms with Crippen molar-refractivity contribution in [2.24, 2.45) is 0 Å². The zero-order valence-corrected chi connectivity index (χ0v) is 13.0. The van der Waals surface area contributed by atoms with Crippen molar-refractivity contribution in [1.82, 2.24) is 10.3 Å². The van der Waals surface area contributed by atoms with Crippen molar-refractivity contribution in [2.45, 2.75) is 26.4 Å². The number of anilines is 1. The van der Waals surface area contributed by atoms with Gasteiger partial charge in [-0.15, -0.1) is 0 Å². The third-order valence-corrected chi connectivity index (χ3v) is 3.85. The highest BCUT2D eigenvalue weighted by Crippen LogP contribution is 2.26. The van der Waals surface area contributed by atoms with Crippen molar-refractivity contribution >= 4 is 5.82 Å². The molecule has 0 saturated carbocycles. The molecule has 1 aromatic carbocycles. The molecule has 1 heterocycles. The standard InChI is InChI=1S/C17H22FN3/c1-12-14(11-19-3)9-10-17(20-12)21(4)13(2)15-7-5-6-8-16(15)18/h5-10,13,19H,11H2,1-4H3. The van der Waals surface area contributed by atoms with E-state index in [1.165, 1.54) is 11.6 Å². The molecule has 0 fully saturated rings. The summed E-state index contributed by atoms with van der Waals surface area (Å²) in [7, 11) is 3.86. The summed E-state index contributed by atoms with van der Waals surface area (Å²) in [6, 6.07) is 10.9. The number of halogens is 1. The minimum absolute atomic E-state index is 0.0757. The first-order chi connectivity index (χ1) is 10.0. The third-order valence-electron chi connectivity index (χ3n) is 3.85. The second-order valence-electron chi connectivity index (χ2n) is 5.25. The Hall–Kier alpha value is -1.94. The average Bonchev–Trinajstić information content (AvgIpc) is 2.48. The second kappa shape index (κ2) is 6.68. The second-order valence-corrected chi connectivity index (χ2v) is 5.25. The van der Waals surface area contributed by atoms with Gasteiger partial charge in [0.05, 0.1) is 6.04 Å². The van der Waals surface area contributed by atoms with Gasteiger partial charge < -0.3 is 10.2 Å². The summed E-state index contributed by atoms with van der Waals surface area (Å²) in [5.74, 6) is 0.670. The van der Waals surface area contributed by atoms with Crippen LogP contribution in [-0.4, -0.2) is 19.1 Å². The Bertz CT molecular complexity index is 613. The SMILES string of the molecule is CNCc1ccc(N(C)C(C)c2ccccc2F)nc1C. The van der Waals surface area contributed by atoms with E-state index in [-0.39, 0.29) is 11.9 Å². The van der Waals surface area contributed by atoms with Crippen LogP contribution in [0.25, 0.3) is 0 Å². The smallest absolute Gasteiger partial charge is 0.129 e. The van der Waals surface area contributed by atoms with E-state index < -0.39 is 0 Å². The number of aryl methyl sites for hydroxylation is 1. The molecule has 0 aliphatic rings. The van der Waals surface area contributed by atoms with E-state index >= 15 is 0 Å². The van der Waals surface area contributed by atoms with Crippen LogP contribution in [0, 0.1) is 12.7 Å². The fourth-order valence-corrected chi connectivity index (χ4v) is 2.37. The van der Waals surface area contributed by atoms with E-state index in [1.54, 1.807) is 6.07 Å². The zero-order chi connectivity index (χ0) is 15.4. The first kappa shape index (κ1) is 15.4. The minimum Gasteiger partial charge on any atom is -0.353 e. The zero-order valence-electron chi connectivity index (χ0n) is 13.0. The lowest BCUT2D eigenvalue weighted by atomic mass is 10.1.